The molecule has 0 aliphatic carbocycles. The topological polar surface area (TPSA) is 82.1 Å². The van der Waals surface area contributed by atoms with Crippen LogP contribution >= 0.6 is 11.6 Å². The molecule has 0 spiro atoms. The van der Waals surface area contributed by atoms with Crippen LogP contribution < -0.4 is 9.47 Å². The lowest BCUT2D eigenvalue weighted by Crippen LogP contribution is -2.21. The van der Waals surface area contributed by atoms with Crippen LogP contribution in [0.25, 0.3) is 0 Å². The maximum atomic E-state index is 12.4. The first-order valence-corrected chi connectivity index (χ1v) is 11.7. The first-order chi connectivity index (χ1) is 15.3. The van der Waals surface area contributed by atoms with Gasteiger partial charge in [-0.05, 0) is 30.7 Å². The van der Waals surface area contributed by atoms with Gasteiger partial charge in [-0.2, -0.15) is 8.42 Å². The molecule has 6 nitrogen and oxygen atoms in total. The Morgan fingerprint density at radius 1 is 1.03 bits per heavy atom. The maximum absolute atomic E-state index is 12.4. The Morgan fingerprint density at radius 2 is 1.72 bits per heavy atom. The van der Waals surface area contributed by atoms with Crippen LogP contribution in [0.2, 0.25) is 5.02 Å². The van der Waals surface area contributed by atoms with Crippen LogP contribution in [-0.2, 0) is 27.3 Å². The molecule has 1 atom stereocenters. The van der Waals surface area contributed by atoms with Crippen LogP contribution in [0.3, 0.4) is 0 Å². The quantitative estimate of drug-likeness (QED) is 0.432. The third-order valence-corrected chi connectivity index (χ3v) is 6.24. The summed E-state index contributed by atoms with van der Waals surface area (Å²) in [4.78, 5) is 0.0339. The van der Waals surface area contributed by atoms with Crippen LogP contribution in [0, 0.1) is 6.92 Å². The number of hydrogen-bond donors (Lipinski definition) is 1. The van der Waals surface area contributed by atoms with Gasteiger partial charge in [-0.1, -0.05) is 59.6 Å². The van der Waals surface area contributed by atoms with E-state index in [0.29, 0.717) is 28.7 Å². The molecule has 3 rings (SSSR count). The maximum Gasteiger partial charge on any atom is 0.297 e. The van der Waals surface area contributed by atoms with Gasteiger partial charge in [-0.3, -0.25) is 4.18 Å². The SMILES string of the molecule is COc1cc(Cl)cc(CC(O)COS(=O)(=O)c2ccc(C)cc2)c1OCc1ccccc1. The predicted molar refractivity (Wildman–Crippen MR) is 123 cm³/mol. The normalized spacial score (nSPS) is 12.4. The molecular weight excluding hydrogens is 452 g/mol. The van der Waals surface area contributed by atoms with E-state index in [1.54, 1.807) is 24.3 Å². The molecular formula is C24H25ClO6S. The highest BCUT2D eigenvalue weighted by molar-refractivity contribution is 7.86. The van der Waals surface area contributed by atoms with Gasteiger partial charge in [0.05, 0.1) is 24.7 Å². The van der Waals surface area contributed by atoms with Crippen LogP contribution in [0.5, 0.6) is 11.5 Å². The lowest BCUT2D eigenvalue weighted by atomic mass is 10.1. The highest BCUT2D eigenvalue weighted by atomic mass is 35.5. The van der Waals surface area contributed by atoms with Gasteiger partial charge in [0.2, 0.25) is 0 Å². The van der Waals surface area contributed by atoms with Crippen molar-refractivity contribution in [3.63, 3.8) is 0 Å². The summed E-state index contributed by atoms with van der Waals surface area (Å²) in [6, 6.07) is 19.2. The fourth-order valence-corrected chi connectivity index (χ4v) is 4.25. The van der Waals surface area contributed by atoms with Crippen LogP contribution in [0.4, 0.5) is 0 Å². The second-order valence-electron chi connectivity index (χ2n) is 7.28. The number of ether oxygens (including phenoxy) is 2. The molecule has 8 heteroatoms. The Hall–Kier alpha value is -2.58. The molecule has 0 bridgehead atoms. The second-order valence-corrected chi connectivity index (χ2v) is 9.33. The minimum absolute atomic E-state index is 0.0339. The Morgan fingerprint density at radius 3 is 2.38 bits per heavy atom. The summed E-state index contributed by atoms with van der Waals surface area (Å²) in [5, 5.41) is 10.9. The van der Waals surface area contributed by atoms with Crippen molar-refractivity contribution in [2.24, 2.45) is 0 Å². The average Bonchev–Trinajstić information content (AvgIpc) is 2.78. The number of aliphatic hydroxyl groups excluding tert-OH is 1. The van der Waals surface area contributed by atoms with Crippen LogP contribution in [0.1, 0.15) is 16.7 Å². The van der Waals surface area contributed by atoms with Gasteiger partial charge in [0, 0.05) is 23.1 Å². The fraction of sp³-hybridized carbons (Fsp3) is 0.250. The van der Waals surface area contributed by atoms with Crippen molar-refractivity contribution in [2.75, 3.05) is 13.7 Å². The van der Waals surface area contributed by atoms with E-state index in [1.807, 2.05) is 37.3 Å². The third-order valence-electron chi connectivity index (χ3n) is 4.72. The number of aryl methyl sites for hydroxylation is 1. The fourth-order valence-electron chi connectivity index (χ4n) is 3.07. The molecule has 0 radical (unpaired) electrons. The van der Waals surface area contributed by atoms with E-state index in [-0.39, 0.29) is 11.3 Å². The lowest BCUT2D eigenvalue weighted by Gasteiger charge is -2.18. The number of hydrogen-bond acceptors (Lipinski definition) is 6. The molecule has 0 heterocycles. The highest BCUT2D eigenvalue weighted by Gasteiger charge is 2.20. The second kappa shape index (κ2) is 10.8. The molecule has 0 saturated heterocycles. The zero-order valence-electron chi connectivity index (χ0n) is 17.8. The first-order valence-electron chi connectivity index (χ1n) is 9.96. The van der Waals surface area contributed by atoms with E-state index in [0.717, 1.165) is 11.1 Å². The molecule has 32 heavy (non-hydrogen) atoms. The summed E-state index contributed by atoms with van der Waals surface area (Å²) in [5.41, 5.74) is 2.47. The Bertz CT molecular complexity index is 1130. The van der Waals surface area contributed by atoms with Crippen LogP contribution in [0.15, 0.2) is 71.6 Å². The van der Waals surface area contributed by atoms with E-state index in [1.165, 1.54) is 19.2 Å². The Balaban J connectivity index is 1.72. The van der Waals surface area contributed by atoms with Gasteiger partial charge in [0.15, 0.2) is 11.5 Å². The molecule has 0 fully saturated rings. The van der Waals surface area contributed by atoms with E-state index in [9.17, 15) is 13.5 Å². The van der Waals surface area contributed by atoms with E-state index < -0.39 is 22.8 Å². The molecule has 0 aliphatic heterocycles. The summed E-state index contributed by atoms with van der Waals surface area (Å²) < 4.78 is 41.2. The zero-order valence-corrected chi connectivity index (χ0v) is 19.4. The highest BCUT2D eigenvalue weighted by Crippen LogP contribution is 2.36. The number of aliphatic hydroxyl groups is 1. The molecule has 0 amide bonds. The first kappa shape index (κ1) is 24.1. The molecule has 0 aliphatic rings. The van der Waals surface area contributed by atoms with Crippen molar-refractivity contribution in [3.05, 3.63) is 88.4 Å². The standard InChI is InChI=1S/C24H25ClO6S/c1-17-8-10-22(11-9-17)32(27,28)31-16-21(26)13-19-12-20(25)14-23(29-2)24(19)30-15-18-6-4-3-5-7-18/h3-12,14,21,26H,13,15-16H2,1-2H3. The van der Waals surface area contributed by atoms with E-state index in [2.05, 4.69) is 0 Å². The number of benzene rings is 3. The molecule has 0 aromatic heterocycles. The molecule has 1 N–H and O–H groups in total. The zero-order chi connectivity index (χ0) is 23.1. The smallest absolute Gasteiger partial charge is 0.297 e. The molecule has 1 unspecified atom stereocenters. The summed E-state index contributed by atoms with van der Waals surface area (Å²) in [5.74, 6) is 0.852. The summed E-state index contributed by atoms with van der Waals surface area (Å²) in [6.45, 7) is 1.74. The third kappa shape index (κ3) is 6.46. The van der Waals surface area contributed by atoms with Crippen molar-refractivity contribution < 1.29 is 27.2 Å². The average molecular weight is 477 g/mol. The van der Waals surface area contributed by atoms with Gasteiger partial charge < -0.3 is 14.6 Å². The number of halogens is 1. The summed E-state index contributed by atoms with van der Waals surface area (Å²) in [7, 11) is -2.49. The number of methoxy groups -OCH3 is 1. The van der Waals surface area contributed by atoms with Gasteiger partial charge in [-0.25, -0.2) is 0 Å². The Kier molecular flexibility index (Phi) is 8.15. The Labute approximate surface area is 193 Å². The van der Waals surface area contributed by atoms with Gasteiger partial charge in [0.1, 0.15) is 6.61 Å². The largest absolute Gasteiger partial charge is 0.493 e. The predicted octanol–water partition coefficient (Wildman–Crippen LogP) is 4.54. The summed E-state index contributed by atoms with van der Waals surface area (Å²) >= 11 is 6.20. The van der Waals surface area contributed by atoms with Crippen molar-refractivity contribution >= 4 is 21.7 Å². The van der Waals surface area contributed by atoms with E-state index in [4.69, 9.17) is 25.3 Å². The van der Waals surface area contributed by atoms with Crippen molar-refractivity contribution in [3.8, 4) is 11.5 Å². The number of rotatable bonds is 10. The minimum atomic E-state index is -3.98. The van der Waals surface area contributed by atoms with Crippen molar-refractivity contribution in [1.82, 2.24) is 0 Å². The van der Waals surface area contributed by atoms with E-state index >= 15 is 0 Å². The molecule has 170 valence electrons. The lowest BCUT2D eigenvalue weighted by molar-refractivity contribution is 0.109. The monoisotopic (exact) mass is 476 g/mol. The van der Waals surface area contributed by atoms with Gasteiger partial charge >= 0.3 is 0 Å². The molecule has 3 aromatic rings. The summed E-state index contributed by atoms with van der Waals surface area (Å²) in [6.07, 6.45) is -1.05. The van der Waals surface area contributed by atoms with Gasteiger partial charge in [-0.15, -0.1) is 0 Å². The minimum Gasteiger partial charge on any atom is -0.493 e. The van der Waals surface area contributed by atoms with Crippen LogP contribution in [-0.4, -0.2) is 33.3 Å². The molecule has 3 aromatic carbocycles. The molecule has 0 saturated carbocycles. The van der Waals surface area contributed by atoms with Gasteiger partial charge in [0.25, 0.3) is 10.1 Å². The van der Waals surface area contributed by atoms with Crippen molar-refractivity contribution in [1.29, 1.82) is 0 Å². The van der Waals surface area contributed by atoms with Crippen molar-refractivity contribution in [2.45, 2.75) is 31.0 Å².